The summed E-state index contributed by atoms with van der Waals surface area (Å²) in [6.07, 6.45) is 1.28. The number of amides is 1. The van der Waals surface area contributed by atoms with Crippen LogP contribution in [0.1, 0.15) is 36.8 Å². The number of pyridine rings is 1. The lowest BCUT2D eigenvalue weighted by Gasteiger charge is -2.53. The second-order valence-corrected chi connectivity index (χ2v) is 10.8. The number of nitrogens with two attached hydrogens (primary N) is 1. The van der Waals surface area contributed by atoms with Crippen LogP contribution in [0.4, 0.5) is 14.5 Å². The molecular weight excluding hydrogens is 438 g/mol. The summed E-state index contributed by atoms with van der Waals surface area (Å²) >= 11 is 5.74. The highest BCUT2D eigenvalue weighted by Crippen LogP contribution is 2.59. The second kappa shape index (κ2) is 7.45. The number of nitrogens with one attached hydrogen (secondary N) is 1. The molecule has 11 heteroatoms. The first-order valence-electron chi connectivity index (χ1n) is 8.80. The van der Waals surface area contributed by atoms with Crippen LogP contribution in [0.5, 0.6) is 0 Å². The zero-order valence-corrected chi connectivity index (χ0v) is 18.0. The summed E-state index contributed by atoms with van der Waals surface area (Å²) < 4.78 is 49.0. The number of halogens is 3. The van der Waals surface area contributed by atoms with Gasteiger partial charge in [0.2, 0.25) is 0 Å². The van der Waals surface area contributed by atoms with Crippen LogP contribution in [0.25, 0.3) is 0 Å². The fraction of sp³-hybridized carbons (Fsp3) is 0.316. The number of hydrogen-bond acceptors (Lipinski definition) is 6. The smallest absolute Gasteiger partial charge is 0.274 e. The van der Waals surface area contributed by atoms with Gasteiger partial charge in [0.15, 0.2) is 11.6 Å². The van der Waals surface area contributed by atoms with Crippen LogP contribution in [0.15, 0.2) is 35.5 Å². The van der Waals surface area contributed by atoms with Gasteiger partial charge in [0, 0.05) is 23.5 Å². The third-order valence-corrected chi connectivity index (χ3v) is 8.14. The number of carbonyl (C=O) groups is 1. The van der Waals surface area contributed by atoms with Crippen LogP contribution in [0.2, 0.25) is 5.02 Å². The zero-order valence-electron chi connectivity index (χ0n) is 16.4. The molecule has 7 nitrogen and oxygen atoms in total. The molecule has 0 spiro atoms. The Bertz CT molecular complexity index is 1050. The Hall–Kier alpha value is -2.27. The molecule has 1 aromatic carbocycles. The maximum atomic E-state index is 14.7. The molecule has 0 saturated carbocycles. The summed E-state index contributed by atoms with van der Waals surface area (Å²) in [5, 5.41) is 2.78. The van der Waals surface area contributed by atoms with Crippen molar-refractivity contribution in [3.63, 3.8) is 0 Å². The summed E-state index contributed by atoms with van der Waals surface area (Å²) in [4.78, 5) is 20.5. The van der Waals surface area contributed by atoms with Gasteiger partial charge >= 0.3 is 0 Å². The van der Waals surface area contributed by atoms with E-state index in [4.69, 9.17) is 17.3 Å². The minimum absolute atomic E-state index is 0.0211. The third kappa shape index (κ3) is 3.87. The first-order chi connectivity index (χ1) is 13.8. The van der Waals surface area contributed by atoms with E-state index >= 15 is 0 Å². The highest BCUT2D eigenvalue weighted by atomic mass is 35.5. The number of aliphatic imine (C=N–C) groups is 1. The lowest BCUT2D eigenvalue weighted by Crippen LogP contribution is -2.52. The molecule has 0 aliphatic carbocycles. The van der Waals surface area contributed by atoms with Crippen LogP contribution in [-0.2, 0) is 5.54 Å². The van der Waals surface area contributed by atoms with Crippen molar-refractivity contribution in [2.24, 2.45) is 10.7 Å². The summed E-state index contributed by atoms with van der Waals surface area (Å²) in [6.45, 7) is 4.47. The third-order valence-electron chi connectivity index (χ3n) is 5.11. The fourth-order valence-electron chi connectivity index (χ4n) is 3.07. The number of anilines is 1. The Morgan fingerprint density at radius 1 is 1.27 bits per heavy atom. The fourth-order valence-corrected chi connectivity index (χ4v) is 4.93. The van der Waals surface area contributed by atoms with Gasteiger partial charge in [-0.1, -0.05) is 11.6 Å². The number of amidine groups is 1. The van der Waals surface area contributed by atoms with Gasteiger partial charge in [-0.05, 0) is 39.0 Å². The summed E-state index contributed by atoms with van der Waals surface area (Å²) in [5.74, 6) is -3.56. The molecule has 0 saturated heterocycles. The molecule has 1 aliphatic rings. The number of hydrogen-bond donors (Lipinski definition) is 4. The van der Waals surface area contributed by atoms with Gasteiger partial charge in [0.05, 0.1) is 10.8 Å². The van der Waals surface area contributed by atoms with E-state index in [-0.39, 0.29) is 28.5 Å². The average Bonchev–Trinajstić information content (AvgIpc) is 2.63. The minimum Gasteiger partial charge on any atom is -0.386 e. The molecule has 30 heavy (non-hydrogen) atoms. The van der Waals surface area contributed by atoms with Crippen molar-refractivity contribution in [3.8, 4) is 0 Å². The van der Waals surface area contributed by atoms with E-state index in [1.165, 1.54) is 45.2 Å². The normalized spacial score (nSPS) is 23.4. The molecule has 1 aliphatic heterocycles. The highest BCUT2D eigenvalue weighted by Gasteiger charge is 2.49. The predicted molar refractivity (Wildman–Crippen MR) is 114 cm³/mol. The largest absolute Gasteiger partial charge is 0.386 e. The molecule has 1 atom stereocenters. The van der Waals surface area contributed by atoms with Crippen molar-refractivity contribution in [3.05, 3.63) is 58.4 Å². The minimum atomic E-state index is -3.33. The number of rotatable bonds is 3. The first kappa shape index (κ1) is 22.4. The van der Waals surface area contributed by atoms with Gasteiger partial charge in [0.25, 0.3) is 5.91 Å². The van der Waals surface area contributed by atoms with Gasteiger partial charge in [0.1, 0.15) is 21.8 Å². The van der Waals surface area contributed by atoms with E-state index in [0.717, 1.165) is 6.07 Å². The predicted octanol–water partition coefficient (Wildman–Crippen LogP) is 4.38. The van der Waals surface area contributed by atoms with Crippen LogP contribution in [-0.4, -0.2) is 36.3 Å². The molecule has 5 N–H and O–H groups in total. The van der Waals surface area contributed by atoms with Crippen molar-refractivity contribution < 1.29 is 22.7 Å². The molecule has 0 radical (unpaired) electrons. The molecular formula is C19H21ClF2N4O3S. The highest BCUT2D eigenvalue weighted by molar-refractivity contribution is 8.26. The summed E-state index contributed by atoms with van der Waals surface area (Å²) in [6, 6.07) is 4.85. The van der Waals surface area contributed by atoms with Gasteiger partial charge in [-0.25, -0.2) is 13.8 Å². The lowest BCUT2D eigenvalue weighted by atomic mass is 9.92. The van der Waals surface area contributed by atoms with Gasteiger partial charge in [-0.2, -0.15) is 10.6 Å². The van der Waals surface area contributed by atoms with Crippen molar-refractivity contribution >= 4 is 39.6 Å². The molecule has 3 rings (SSSR count). The number of benzene rings is 1. The van der Waals surface area contributed by atoms with Crippen molar-refractivity contribution in [2.45, 2.75) is 31.1 Å². The maximum Gasteiger partial charge on any atom is 0.274 e. The van der Waals surface area contributed by atoms with E-state index in [1.54, 1.807) is 0 Å². The van der Waals surface area contributed by atoms with Gasteiger partial charge in [-0.15, -0.1) is 0 Å². The van der Waals surface area contributed by atoms with Crippen molar-refractivity contribution in [1.29, 1.82) is 0 Å². The molecule has 2 heterocycles. The Kier molecular flexibility index (Phi) is 5.57. The monoisotopic (exact) mass is 458 g/mol. The molecule has 1 amide bonds. The maximum absolute atomic E-state index is 14.7. The topological polar surface area (TPSA) is 121 Å². The van der Waals surface area contributed by atoms with E-state index < -0.39 is 38.4 Å². The first-order valence-corrected chi connectivity index (χ1v) is 10.9. The molecule has 0 bridgehead atoms. The number of carbonyl (C=O) groups excluding carboxylic acids is 1. The Labute approximate surface area is 178 Å². The average molecular weight is 459 g/mol. The Morgan fingerprint density at radius 3 is 2.50 bits per heavy atom. The Balaban J connectivity index is 2.02. The van der Waals surface area contributed by atoms with Gasteiger partial charge < -0.3 is 11.1 Å². The standard InChI is InChI=1S/C19H21ClF2N4O3S/c1-18(2)17(23)26-19(3,9-30(18,28)29)12-6-11(7-13(21)15(12)22)25-16(27)14-5-4-10(20)8-24-14/h4-8,28-29H,9H2,1-3H3,(H2,23,26)(H,25,27)/t19-/m1/s1. The van der Waals surface area contributed by atoms with E-state index in [1.807, 2.05) is 0 Å². The lowest BCUT2D eigenvalue weighted by molar-refractivity contribution is 0.102. The molecule has 2 aromatic rings. The van der Waals surface area contributed by atoms with Gasteiger partial charge in [-0.3, -0.25) is 18.9 Å². The molecule has 0 unspecified atom stereocenters. The number of aromatic nitrogens is 1. The zero-order chi connectivity index (χ0) is 22.5. The Morgan fingerprint density at radius 2 is 1.93 bits per heavy atom. The van der Waals surface area contributed by atoms with Crippen molar-refractivity contribution in [2.75, 3.05) is 11.1 Å². The second-order valence-electron chi connectivity index (χ2n) is 7.73. The van der Waals surface area contributed by atoms with E-state index in [0.29, 0.717) is 5.02 Å². The van der Waals surface area contributed by atoms with Crippen LogP contribution in [0.3, 0.4) is 0 Å². The summed E-state index contributed by atoms with van der Waals surface area (Å²) in [7, 11) is -3.33. The van der Waals surface area contributed by atoms with Crippen LogP contribution >= 0.6 is 22.2 Å². The quantitative estimate of drug-likeness (QED) is 0.543. The van der Waals surface area contributed by atoms with Crippen molar-refractivity contribution in [1.82, 2.24) is 4.98 Å². The molecule has 0 fully saturated rings. The summed E-state index contributed by atoms with van der Waals surface area (Å²) in [5.41, 5.74) is 4.09. The number of nitrogens with zero attached hydrogens (tertiary/aromatic N) is 2. The van der Waals surface area contributed by atoms with E-state index in [9.17, 15) is 22.7 Å². The van der Waals surface area contributed by atoms with E-state index in [2.05, 4.69) is 15.3 Å². The SMILES string of the molecule is CC1(C)C(N)=N[C@@](C)(c2cc(NC(=O)c3ccc(Cl)cn3)cc(F)c2F)CS1(O)O. The van der Waals surface area contributed by atoms with Crippen LogP contribution < -0.4 is 11.1 Å². The molecule has 1 aromatic heterocycles. The molecule has 162 valence electrons. The van der Waals surface area contributed by atoms with Crippen LogP contribution in [0, 0.1) is 11.6 Å².